The van der Waals surface area contributed by atoms with Crippen LogP contribution in [0.5, 0.6) is 5.75 Å². The molecule has 12 nitrogen and oxygen atoms in total. The molecule has 0 saturated carbocycles. The van der Waals surface area contributed by atoms with Gasteiger partial charge >= 0.3 is 6.18 Å². The van der Waals surface area contributed by atoms with Gasteiger partial charge < -0.3 is 9.64 Å². The number of thiocarbonyl (C=S) groups is 1. The van der Waals surface area contributed by atoms with Crippen LogP contribution in [-0.2, 0) is 44.6 Å². The maximum absolute atomic E-state index is 13.8. The van der Waals surface area contributed by atoms with E-state index in [4.69, 9.17) is 28.6 Å². The van der Waals surface area contributed by atoms with E-state index in [2.05, 4.69) is 20.1 Å². The summed E-state index contributed by atoms with van der Waals surface area (Å²) in [7, 11) is 0. The average Bonchev–Trinajstić information content (AvgIpc) is 3.51. The average molecular weight is 864 g/mol. The highest BCUT2D eigenvalue weighted by molar-refractivity contribution is 7.81. The molecule has 0 radical (unpaired) electrons. The molecule has 4 saturated heterocycles. The summed E-state index contributed by atoms with van der Waals surface area (Å²) in [5.74, 6) is -0.601. The van der Waals surface area contributed by atoms with Crippen molar-refractivity contribution in [3.63, 3.8) is 0 Å². The van der Waals surface area contributed by atoms with Gasteiger partial charge in [-0.15, -0.1) is 0 Å². The van der Waals surface area contributed by atoms with Crippen molar-refractivity contribution in [3.05, 3.63) is 81.6 Å². The molecule has 1 aromatic heterocycles. The van der Waals surface area contributed by atoms with E-state index in [0.717, 1.165) is 59.8 Å². The van der Waals surface area contributed by atoms with Crippen molar-refractivity contribution in [1.82, 2.24) is 20.1 Å². The molecule has 2 bridgehead atoms. The van der Waals surface area contributed by atoms with Crippen LogP contribution in [-0.4, -0.2) is 93.8 Å². The number of rotatable bonds is 13. The second-order valence-electron chi connectivity index (χ2n) is 16.4. The lowest BCUT2D eigenvalue weighted by molar-refractivity contribution is -0.138. The van der Waals surface area contributed by atoms with E-state index in [-0.39, 0.29) is 52.8 Å². The Labute approximate surface area is 356 Å². The number of hydrogen-bond acceptors (Lipinski definition) is 10. The molecule has 17 heteroatoms. The minimum Gasteiger partial charge on any atom is -0.492 e. The van der Waals surface area contributed by atoms with E-state index < -0.39 is 28.9 Å². The Morgan fingerprint density at radius 3 is 2.43 bits per heavy atom. The van der Waals surface area contributed by atoms with E-state index in [1.807, 2.05) is 31.2 Å². The number of nitriles is 1. The van der Waals surface area contributed by atoms with Gasteiger partial charge in [-0.05, 0) is 111 Å². The smallest absolute Gasteiger partial charge is 0.419 e. The molecule has 4 fully saturated rings. The summed E-state index contributed by atoms with van der Waals surface area (Å²) < 4.78 is 47.6. The number of amides is 3. The number of pyridine rings is 1. The molecule has 60 heavy (non-hydrogen) atoms. The van der Waals surface area contributed by atoms with Gasteiger partial charge in [-0.3, -0.25) is 39.2 Å². The lowest BCUT2D eigenvalue weighted by atomic mass is 9.90. The van der Waals surface area contributed by atoms with Crippen molar-refractivity contribution < 1.29 is 37.1 Å². The van der Waals surface area contributed by atoms with Gasteiger partial charge in [0.25, 0.3) is 5.91 Å². The van der Waals surface area contributed by atoms with E-state index in [1.54, 1.807) is 30.9 Å². The molecule has 0 spiro atoms. The van der Waals surface area contributed by atoms with Gasteiger partial charge in [0.1, 0.15) is 24.0 Å². The molecule has 5 heterocycles. The molecule has 3 atom stereocenters. The van der Waals surface area contributed by atoms with Gasteiger partial charge in [0.2, 0.25) is 11.8 Å². The quantitative estimate of drug-likeness (QED) is 0.159. The third-order valence-electron chi connectivity index (χ3n) is 11.9. The van der Waals surface area contributed by atoms with E-state index >= 15 is 0 Å². The summed E-state index contributed by atoms with van der Waals surface area (Å²) in [5, 5.41) is 12.1. The number of benzene rings is 2. The molecule has 316 valence electrons. The van der Waals surface area contributed by atoms with Crippen molar-refractivity contribution in [2.75, 3.05) is 42.6 Å². The number of Topliss-reactive ketones (excluding diaryl/α,β-unsaturated/α-hetero) is 1. The van der Waals surface area contributed by atoms with E-state index in [0.29, 0.717) is 61.8 Å². The molecule has 3 unspecified atom stereocenters. The first kappa shape index (κ1) is 43.1. The number of nitrogens with one attached hydrogen (secondary N) is 1. The number of fused-ring (bicyclic) bond motifs is 2. The molecule has 3 amide bonds. The number of aromatic nitrogens is 1. The Bertz CT molecular complexity index is 2270. The normalized spacial score (nSPS) is 22.0. The van der Waals surface area contributed by atoms with Crippen LogP contribution in [0.25, 0.3) is 0 Å². The topological polar surface area (TPSA) is 139 Å². The van der Waals surface area contributed by atoms with Crippen molar-refractivity contribution in [2.45, 2.75) is 89.5 Å². The van der Waals surface area contributed by atoms with Gasteiger partial charge in [0.05, 0.1) is 24.0 Å². The fourth-order valence-corrected chi connectivity index (χ4v) is 9.71. The predicted molar refractivity (Wildman–Crippen MR) is 222 cm³/mol. The Morgan fingerprint density at radius 1 is 1.05 bits per heavy atom. The minimum absolute atomic E-state index is 0.0172. The number of aryl methyl sites for hydroxylation is 1. The third-order valence-corrected chi connectivity index (χ3v) is 12.5. The maximum atomic E-state index is 13.8. The monoisotopic (exact) mass is 863 g/mol. The number of piperidine rings is 1. The molecule has 1 N–H and O–H groups in total. The number of piperazine rings is 1. The van der Waals surface area contributed by atoms with Crippen LogP contribution in [0.1, 0.15) is 74.4 Å². The first-order chi connectivity index (χ1) is 28.5. The summed E-state index contributed by atoms with van der Waals surface area (Å²) in [6.45, 7) is 8.34. The van der Waals surface area contributed by atoms with Crippen LogP contribution < -0.4 is 19.9 Å². The fraction of sp³-hybridized carbons (Fsp3) is 0.465. The first-order valence-corrected chi connectivity index (χ1v) is 20.8. The zero-order valence-corrected chi connectivity index (χ0v) is 35.1. The highest BCUT2D eigenvalue weighted by atomic mass is 35.5. The number of anilines is 2. The second kappa shape index (κ2) is 17.2. The number of carbonyl (C=O) groups is 4. The number of ketones is 1. The van der Waals surface area contributed by atoms with Gasteiger partial charge in [-0.1, -0.05) is 24.6 Å². The lowest BCUT2D eigenvalue weighted by Gasteiger charge is -2.40. The summed E-state index contributed by atoms with van der Waals surface area (Å²) >= 11 is 12.1. The number of ether oxygens (including phenoxy) is 1. The largest absolute Gasteiger partial charge is 0.492 e. The number of alkyl halides is 3. The predicted octanol–water partition coefficient (Wildman–Crippen LogP) is 6.04. The number of hydrogen-bond donors (Lipinski definition) is 1. The van der Waals surface area contributed by atoms with Crippen LogP contribution in [0, 0.1) is 17.2 Å². The Morgan fingerprint density at radius 2 is 1.77 bits per heavy atom. The van der Waals surface area contributed by atoms with Crippen LogP contribution in [0.15, 0.2) is 48.7 Å². The molecular formula is C43H45ClF3N7O5S. The number of nitrogens with zero attached hydrogens (tertiary/aromatic N) is 6. The van der Waals surface area contributed by atoms with Gasteiger partial charge in [0.15, 0.2) is 16.6 Å². The Kier molecular flexibility index (Phi) is 12.4. The minimum atomic E-state index is -4.86. The van der Waals surface area contributed by atoms with Crippen molar-refractivity contribution in [2.24, 2.45) is 5.92 Å². The maximum Gasteiger partial charge on any atom is 0.419 e. The van der Waals surface area contributed by atoms with Gasteiger partial charge in [0, 0.05) is 61.2 Å². The highest BCUT2D eigenvalue weighted by Crippen LogP contribution is 2.40. The summed E-state index contributed by atoms with van der Waals surface area (Å²) in [6, 6.07) is 13.7. The van der Waals surface area contributed by atoms with Crippen molar-refractivity contribution in [3.8, 4) is 11.8 Å². The Balaban J connectivity index is 0.937. The molecule has 7 rings (SSSR count). The van der Waals surface area contributed by atoms with Crippen LogP contribution >= 0.6 is 23.8 Å². The summed E-state index contributed by atoms with van der Waals surface area (Å²) in [6.07, 6.45) is 0.285. The van der Waals surface area contributed by atoms with Gasteiger partial charge in [-0.2, -0.15) is 18.4 Å². The van der Waals surface area contributed by atoms with Crippen LogP contribution in [0.4, 0.5) is 24.5 Å². The van der Waals surface area contributed by atoms with Crippen molar-refractivity contribution >= 4 is 63.8 Å². The van der Waals surface area contributed by atoms with Gasteiger partial charge in [-0.25, -0.2) is 4.98 Å². The molecule has 2 aromatic carbocycles. The lowest BCUT2D eigenvalue weighted by Crippen LogP contribution is -2.55. The summed E-state index contributed by atoms with van der Waals surface area (Å²) in [4.78, 5) is 62.0. The molecule has 4 aliphatic rings. The van der Waals surface area contributed by atoms with Crippen LogP contribution in [0.2, 0.25) is 5.02 Å². The highest BCUT2D eigenvalue weighted by Gasteiger charge is 2.51. The number of carbonyl (C=O) groups excluding carboxylic acids is 4. The molecule has 0 aliphatic carbocycles. The van der Waals surface area contributed by atoms with Crippen LogP contribution in [0.3, 0.4) is 0 Å². The zero-order chi connectivity index (χ0) is 43.1. The van der Waals surface area contributed by atoms with Crippen molar-refractivity contribution in [1.29, 1.82) is 5.26 Å². The number of halogens is 4. The molecule has 4 aliphatic heterocycles. The standard InChI is InChI=1S/C43H45ClF3N7O5S/c1-4-27-18-30(54-41(60)53(40(58)42(54,2)3)33-19-35(43(45,46)47)36(20-48)49-21-33)8-9-37(27)59-12-11-51-22-31-6-7-32(23-51)52(31)24-34(55)17-26-13-25(15-29(44)16-26)14-28-5-10-38(56)50-39(28)57/h8-9,13,15-16,18-19,21,28,31-32H,4-7,10-12,14,17,22-24H2,1-3H3,(H,50,56,57). The second-order valence-corrected chi connectivity index (χ2v) is 17.2. The van der Waals surface area contributed by atoms with E-state index in [9.17, 15) is 37.6 Å². The fourth-order valence-electron chi connectivity index (χ4n) is 8.90. The Hall–Kier alpha value is -4.95. The third kappa shape index (κ3) is 8.90. The summed E-state index contributed by atoms with van der Waals surface area (Å²) in [5.41, 5.74) is -0.357. The first-order valence-electron chi connectivity index (χ1n) is 20.0. The number of likely N-dealkylation sites (tertiary alicyclic amines) is 1. The molecule has 3 aromatic rings. The number of imide groups is 1. The van der Waals surface area contributed by atoms with E-state index in [1.165, 1.54) is 6.07 Å². The molecular weight excluding hydrogens is 819 g/mol. The SMILES string of the molecule is CCc1cc(N2C(=S)N(c3cnc(C#N)c(C(F)(F)F)c3)C(=O)C2(C)C)ccc1OCCN1CC2CCC(C1)N2CC(=O)Cc1cc(Cl)cc(CC2CCC(=O)NC2=O)c1. The zero-order valence-electron chi connectivity index (χ0n) is 33.5.